The predicted molar refractivity (Wildman–Crippen MR) is 72.6 cm³/mol. The third-order valence-corrected chi connectivity index (χ3v) is 2.53. The van der Waals surface area contributed by atoms with Crippen LogP contribution in [0.25, 0.3) is 0 Å². The quantitative estimate of drug-likeness (QED) is 0.389. The Balaban J connectivity index is 1.94. The largest absolute Gasteiger partial charge is 0.486 e. The van der Waals surface area contributed by atoms with Crippen molar-refractivity contribution in [3.8, 4) is 5.75 Å². The molecule has 104 valence electrons. The summed E-state index contributed by atoms with van der Waals surface area (Å²) in [5.41, 5.74) is 0.880. The molecule has 2 aromatic rings. The summed E-state index contributed by atoms with van der Waals surface area (Å²) in [5.74, 6) is 5.92. The molecule has 1 aromatic carbocycles. The fourth-order valence-electron chi connectivity index (χ4n) is 1.56. The van der Waals surface area contributed by atoms with E-state index in [0.29, 0.717) is 11.5 Å². The third-order valence-electron chi connectivity index (χ3n) is 2.53. The summed E-state index contributed by atoms with van der Waals surface area (Å²) in [6, 6.07) is 10.5. The number of methoxy groups -OCH3 is 1. The highest BCUT2D eigenvalue weighted by molar-refractivity contribution is 5.86. The maximum Gasteiger partial charge on any atom is 0.373 e. The summed E-state index contributed by atoms with van der Waals surface area (Å²) >= 11 is 0. The predicted octanol–water partition coefficient (Wildman–Crippen LogP) is 1.94. The first kappa shape index (κ1) is 13.7. The standard InChI is InChI=1S/C14H14N2O4/c1-18-14(17)13-7-6-12(20-13)9-19-11-4-2-10(3-5-11)8-16-15/h2-8H,9,15H2,1H3. The second-order valence-corrected chi connectivity index (χ2v) is 3.89. The number of nitrogens with two attached hydrogens (primary N) is 1. The molecular weight excluding hydrogens is 260 g/mol. The van der Waals surface area contributed by atoms with E-state index in [1.165, 1.54) is 7.11 Å². The van der Waals surface area contributed by atoms with Crippen LogP contribution in [-0.4, -0.2) is 19.3 Å². The van der Waals surface area contributed by atoms with Crippen molar-refractivity contribution < 1.29 is 18.7 Å². The van der Waals surface area contributed by atoms with E-state index in [9.17, 15) is 4.79 Å². The van der Waals surface area contributed by atoms with E-state index in [1.807, 2.05) is 12.1 Å². The van der Waals surface area contributed by atoms with Gasteiger partial charge < -0.3 is 19.7 Å². The lowest BCUT2D eigenvalue weighted by atomic mass is 10.2. The Morgan fingerprint density at radius 3 is 2.70 bits per heavy atom. The molecule has 20 heavy (non-hydrogen) atoms. The molecule has 0 bridgehead atoms. The minimum atomic E-state index is -0.512. The fourth-order valence-corrected chi connectivity index (χ4v) is 1.56. The molecule has 0 aliphatic rings. The van der Waals surface area contributed by atoms with Crippen molar-refractivity contribution in [3.63, 3.8) is 0 Å². The molecule has 0 spiro atoms. The number of esters is 1. The van der Waals surface area contributed by atoms with Crippen LogP contribution >= 0.6 is 0 Å². The average Bonchev–Trinajstić information content (AvgIpc) is 2.95. The van der Waals surface area contributed by atoms with Gasteiger partial charge in [0.25, 0.3) is 0 Å². The third kappa shape index (κ3) is 3.38. The molecule has 0 aliphatic carbocycles. The van der Waals surface area contributed by atoms with E-state index in [4.69, 9.17) is 15.0 Å². The van der Waals surface area contributed by atoms with Crippen molar-refractivity contribution >= 4 is 12.2 Å². The maximum absolute atomic E-state index is 11.2. The molecule has 0 radical (unpaired) electrons. The highest BCUT2D eigenvalue weighted by Crippen LogP contribution is 2.15. The lowest BCUT2D eigenvalue weighted by Crippen LogP contribution is -1.99. The van der Waals surface area contributed by atoms with Crippen LogP contribution < -0.4 is 10.6 Å². The Morgan fingerprint density at radius 2 is 2.05 bits per heavy atom. The molecule has 0 amide bonds. The number of furan rings is 1. The molecule has 0 fully saturated rings. The second kappa shape index (κ2) is 6.42. The highest BCUT2D eigenvalue weighted by Gasteiger charge is 2.11. The molecular formula is C14H14N2O4. The summed E-state index contributed by atoms with van der Waals surface area (Å²) < 4.78 is 15.4. The van der Waals surface area contributed by atoms with Gasteiger partial charge in [-0.3, -0.25) is 0 Å². The van der Waals surface area contributed by atoms with Crippen molar-refractivity contribution in [1.82, 2.24) is 0 Å². The van der Waals surface area contributed by atoms with Crippen LogP contribution in [0.4, 0.5) is 0 Å². The first-order chi connectivity index (χ1) is 9.72. The van der Waals surface area contributed by atoms with E-state index in [-0.39, 0.29) is 12.4 Å². The molecule has 0 saturated heterocycles. The number of rotatable bonds is 5. The monoisotopic (exact) mass is 274 g/mol. The number of ether oxygens (including phenoxy) is 2. The molecule has 1 heterocycles. The van der Waals surface area contributed by atoms with Crippen molar-refractivity contribution in [1.29, 1.82) is 0 Å². The number of carbonyl (C=O) groups is 1. The Kier molecular flexibility index (Phi) is 4.39. The van der Waals surface area contributed by atoms with Gasteiger partial charge in [-0.1, -0.05) is 0 Å². The first-order valence-corrected chi connectivity index (χ1v) is 5.86. The van der Waals surface area contributed by atoms with Gasteiger partial charge >= 0.3 is 5.97 Å². The molecule has 2 N–H and O–H groups in total. The summed E-state index contributed by atoms with van der Waals surface area (Å²) in [6.07, 6.45) is 1.54. The molecule has 0 unspecified atom stereocenters. The zero-order valence-electron chi connectivity index (χ0n) is 10.9. The summed E-state index contributed by atoms with van der Waals surface area (Å²) in [7, 11) is 1.30. The normalized spacial score (nSPS) is 10.7. The number of hydrogen-bond acceptors (Lipinski definition) is 6. The van der Waals surface area contributed by atoms with Gasteiger partial charge in [-0.25, -0.2) is 4.79 Å². The van der Waals surface area contributed by atoms with E-state index >= 15 is 0 Å². The molecule has 6 heteroatoms. The Bertz CT molecular complexity index is 602. The zero-order chi connectivity index (χ0) is 14.4. The summed E-state index contributed by atoms with van der Waals surface area (Å²) in [5, 5.41) is 3.43. The average molecular weight is 274 g/mol. The van der Waals surface area contributed by atoms with Crippen LogP contribution in [0.1, 0.15) is 21.9 Å². The van der Waals surface area contributed by atoms with Gasteiger partial charge in [-0.15, -0.1) is 0 Å². The Hall–Kier alpha value is -2.76. The summed E-state index contributed by atoms with van der Waals surface area (Å²) in [4.78, 5) is 11.2. The number of carbonyl (C=O) groups excluding carboxylic acids is 1. The first-order valence-electron chi connectivity index (χ1n) is 5.86. The van der Waals surface area contributed by atoms with E-state index in [2.05, 4.69) is 9.84 Å². The molecule has 0 atom stereocenters. The maximum atomic E-state index is 11.2. The van der Waals surface area contributed by atoms with Crippen LogP contribution in [0.3, 0.4) is 0 Å². The van der Waals surface area contributed by atoms with Crippen LogP contribution in [0, 0.1) is 0 Å². The topological polar surface area (TPSA) is 87.0 Å². The van der Waals surface area contributed by atoms with Crippen LogP contribution in [-0.2, 0) is 11.3 Å². The van der Waals surface area contributed by atoms with Crippen molar-refractivity contribution in [2.45, 2.75) is 6.61 Å². The Labute approximate surface area is 115 Å². The van der Waals surface area contributed by atoms with Gasteiger partial charge in [0.05, 0.1) is 13.3 Å². The van der Waals surface area contributed by atoms with Gasteiger partial charge in [0.2, 0.25) is 5.76 Å². The molecule has 0 aliphatic heterocycles. The fraction of sp³-hybridized carbons (Fsp3) is 0.143. The second-order valence-electron chi connectivity index (χ2n) is 3.89. The SMILES string of the molecule is COC(=O)c1ccc(COc2ccc(C=NN)cc2)o1. The van der Waals surface area contributed by atoms with Crippen LogP contribution in [0.2, 0.25) is 0 Å². The van der Waals surface area contributed by atoms with Crippen molar-refractivity contribution in [2.24, 2.45) is 10.9 Å². The number of nitrogens with zero attached hydrogens (tertiary/aromatic N) is 1. The van der Waals surface area contributed by atoms with Gasteiger partial charge in [-0.05, 0) is 42.0 Å². The number of hydrazone groups is 1. The van der Waals surface area contributed by atoms with Gasteiger partial charge in [0, 0.05) is 0 Å². The molecule has 0 saturated carbocycles. The number of benzene rings is 1. The van der Waals surface area contributed by atoms with Gasteiger partial charge in [-0.2, -0.15) is 5.10 Å². The lowest BCUT2D eigenvalue weighted by molar-refractivity contribution is 0.0561. The summed E-state index contributed by atoms with van der Waals surface area (Å²) in [6.45, 7) is 0.224. The minimum Gasteiger partial charge on any atom is -0.486 e. The van der Waals surface area contributed by atoms with E-state index < -0.39 is 5.97 Å². The van der Waals surface area contributed by atoms with Crippen LogP contribution in [0.15, 0.2) is 45.9 Å². The van der Waals surface area contributed by atoms with E-state index in [0.717, 1.165) is 5.56 Å². The number of hydrogen-bond donors (Lipinski definition) is 1. The van der Waals surface area contributed by atoms with Crippen molar-refractivity contribution in [2.75, 3.05) is 7.11 Å². The molecule has 2 rings (SSSR count). The zero-order valence-corrected chi connectivity index (χ0v) is 10.9. The minimum absolute atomic E-state index is 0.153. The smallest absolute Gasteiger partial charge is 0.373 e. The molecule has 1 aromatic heterocycles. The van der Waals surface area contributed by atoms with E-state index in [1.54, 1.807) is 30.5 Å². The molecule has 6 nitrogen and oxygen atoms in total. The lowest BCUT2D eigenvalue weighted by Gasteiger charge is -2.04. The van der Waals surface area contributed by atoms with Gasteiger partial charge in [0.1, 0.15) is 18.1 Å². The van der Waals surface area contributed by atoms with Gasteiger partial charge in [0.15, 0.2) is 0 Å². The highest BCUT2D eigenvalue weighted by atomic mass is 16.5. The Morgan fingerprint density at radius 1 is 1.30 bits per heavy atom. The van der Waals surface area contributed by atoms with Crippen molar-refractivity contribution in [3.05, 3.63) is 53.5 Å². The van der Waals surface area contributed by atoms with Crippen LogP contribution in [0.5, 0.6) is 5.75 Å².